The Labute approximate surface area is 168 Å². The smallest absolute Gasteiger partial charge is 0.254 e. The second-order valence-electron chi connectivity index (χ2n) is 7.12. The number of piperidine rings is 1. The Morgan fingerprint density at radius 1 is 1.18 bits per heavy atom. The number of hydrogen-bond donors (Lipinski definition) is 1. The molecule has 0 unspecified atom stereocenters. The standard InChI is InChI=1S/C19H22N2O5S2/c1-25-14-8-13(9-15(10-14)26-2)19(22)21-11-12-6-16(17(21)7-12)20-28(23,24)18-4-3-5-27-18/h3-5,8-10,12,16-17,20H,6-7,11H2,1-2H3/t12-,16+,17-/m1/s1. The van der Waals surface area contributed by atoms with Gasteiger partial charge in [-0.25, -0.2) is 13.1 Å². The summed E-state index contributed by atoms with van der Waals surface area (Å²) < 4.78 is 38.8. The molecule has 1 saturated heterocycles. The lowest BCUT2D eigenvalue weighted by Gasteiger charge is -2.33. The number of likely N-dealkylation sites (tertiary alicyclic amines) is 1. The van der Waals surface area contributed by atoms with Crippen molar-refractivity contribution in [3.8, 4) is 11.5 Å². The van der Waals surface area contributed by atoms with E-state index < -0.39 is 10.0 Å². The first-order valence-corrected chi connectivity index (χ1v) is 11.4. The first-order chi connectivity index (χ1) is 13.4. The fraction of sp³-hybridized carbons (Fsp3) is 0.421. The van der Waals surface area contributed by atoms with E-state index in [-0.39, 0.29) is 18.0 Å². The Kier molecular flexibility index (Phi) is 5.07. The summed E-state index contributed by atoms with van der Waals surface area (Å²) in [7, 11) is -0.492. The van der Waals surface area contributed by atoms with Gasteiger partial charge in [-0.1, -0.05) is 6.07 Å². The van der Waals surface area contributed by atoms with Gasteiger partial charge in [0.15, 0.2) is 0 Å². The average molecular weight is 423 g/mol. The lowest BCUT2D eigenvalue weighted by Crippen LogP contribution is -2.51. The molecule has 1 aliphatic carbocycles. The number of sulfonamides is 1. The van der Waals surface area contributed by atoms with Crippen LogP contribution in [0.4, 0.5) is 0 Å². The van der Waals surface area contributed by atoms with E-state index in [9.17, 15) is 13.2 Å². The third-order valence-corrected chi connectivity index (χ3v) is 8.29. The highest BCUT2D eigenvalue weighted by molar-refractivity contribution is 7.91. The lowest BCUT2D eigenvalue weighted by atomic mass is 10.0. The highest BCUT2D eigenvalue weighted by Gasteiger charge is 2.48. The van der Waals surface area contributed by atoms with Crippen LogP contribution in [-0.4, -0.2) is 52.1 Å². The SMILES string of the molecule is COc1cc(OC)cc(C(=O)N2C[C@@H]3C[C@H](NS(=O)(=O)c4cccs4)[C@H]2C3)c1. The highest BCUT2D eigenvalue weighted by atomic mass is 32.2. The van der Waals surface area contributed by atoms with E-state index in [1.807, 2.05) is 0 Å². The van der Waals surface area contributed by atoms with Gasteiger partial charge in [0.25, 0.3) is 5.91 Å². The summed E-state index contributed by atoms with van der Waals surface area (Å²) in [6.07, 6.45) is 1.56. The molecule has 2 bridgehead atoms. The summed E-state index contributed by atoms with van der Waals surface area (Å²) in [4.78, 5) is 14.9. The molecule has 4 rings (SSSR count). The number of thiophene rings is 1. The summed E-state index contributed by atoms with van der Waals surface area (Å²) in [6.45, 7) is 0.639. The maximum Gasteiger partial charge on any atom is 0.254 e. The van der Waals surface area contributed by atoms with Crippen LogP contribution >= 0.6 is 11.3 Å². The molecule has 7 nitrogen and oxygen atoms in total. The molecule has 0 spiro atoms. The van der Waals surface area contributed by atoms with E-state index in [1.54, 1.807) is 40.6 Å². The minimum absolute atomic E-state index is 0.135. The minimum atomic E-state index is -3.57. The Hall–Kier alpha value is -2.10. The van der Waals surface area contributed by atoms with Gasteiger partial charge in [-0.05, 0) is 42.3 Å². The molecule has 3 atom stereocenters. The molecule has 1 N–H and O–H groups in total. The van der Waals surface area contributed by atoms with Crippen molar-refractivity contribution in [3.63, 3.8) is 0 Å². The number of rotatable bonds is 6. The third-order valence-electron chi connectivity index (χ3n) is 5.41. The fourth-order valence-electron chi connectivity index (χ4n) is 4.16. The molecule has 1 aromatic heterocycles. The summed E-state index contributed by atoms with van der Waals surface area (Å²) in [5, 5.41) is 1.74. The van der Waals surface area contributed by atoms with Gasteiger partial charge >= 0.3 is 0 Å². The van der Waals surface area contributed by atoms with Crippen molar-refractivity contribution in [2.75, 3.05) is 20.8 Å². The largest absolute Gasteiger partial charge is 0.497 e. The molecule has 28 heavy (non-hydrogen) atoms. The van der Waals surface area contributed by atoms with Crippen LogP contribution in [-0.2, 0) is 10.0 Å². The zero-order valence-corrected chi connectivity index (χ0v) is 17.3. The number of nitrogens with zero attached hydrogens (tertiary/aromatic N) is 1. The lowest BCUT2D eigenvalue weighted by molar-refractivity contribution is 0.0677. The van der Waals surface area contributed by atoms with E-state index in [1.165, 1.54) is 25.6 Å². The Morgan fingerprint density at radius 3 is 2.46 bits per heavy atom. The van der Waals surface area contributed by atoms with E-state index in [0.29, 0.717) is 33.7 Å². The number of benzene rings is 1. The van der Waals surface area contributed by atoms with Crippen molar-refractivity contribution < 1.29 is 22.7 Å². The van der Waals surface area contributed by atoms with Crippen LogP contribution in [0.2, 0.25) is 0 Å². The molecule has 9 heteroatoms. The Bertz CT molecular complexity index is 952. The molecule has 0 radical (unpaired) electrons. The van der Waals surface area contributed by atoms with Crippen molar-refractivity contribution in [2.45, 2.75) is 29.1 Å². The van der Waals surface area contributed by atoms with Gasteiger partial charge in [-0.15, -0.1) is 11.3 Å². The van der Waals surface area contributed by atoms with E-state index in [0.717, 1.165) is 12.8 Å². The van der Waals surface area contributed by atoms with Gasteiger partial charge in [-0.3, -0.25) is 4.79 Å². The maximum absolute atomic E-state index is 13.2. The second kappa shape index (κ2) is 7.38. The first kappa shape index (κ1) is 19.2. The van der Waals surface area contributed by atoms with Crippen molar-refractivity contribution in [2.24, 2.45) is 5.92 Å². The molecule has 1 saturated carbocycles. The molecular weight excluding hydrogens is 400 g/mol. The van der Waals surface area contributed by atoms with Crippen LogP contribution in [0, 0.1) is 5.92 Å². The van der Waals surface area contributed by atoms with E-state index >= 15 is 0 Å². The number of carbonyl (C=O) groups excluding carboxylic acids is 1. The molecule has 2 aromatic rings. The minimum Gasteiger partial charge on any atom is -0.497 e. The third kappa shape index (κ3) is 3.49. The number of methoxy groups -OCH3 is 2. The van der Waals surface area contributed by atoms with Crippen LogP contribution in [0.25, 0.3) is 0 Å². The summed E-state index contributed by atoms with van der Waals surface area (Å²) in [5.41, 5.74) is 0.476. The molecule has 1 aromatic carbocycles. The molecule has 2 aliphatic rings. The first-order valence-electron chi connectivity index (χ1n) is 9.01. The molecular formula is C19H22N2O5S2. The molecule has 150 valence electrons. The van der Waals surface area contributed by atoms with E-state index in [2.05, 4.69) is 4.72 Å². The van der Waals surface area contributed by atoms with Crippen LogP contribution in [0.5, 0.6) is 11.5 Å². The van der Waals surface area contributed by atoms with Crippen molar-refractivity contribution in [1.29, 1.82) is 0 Å². The number of carbonyl (C=O) groups is 1. The summed E-state index contributed by atoms with van der Waals surface area (Å²) in [5.74, 6) is 1.26. The van der Waals surface area contributed by atoms with Crippen molar-refractivity contribution >= 4 is 27.3 Å². The van der Waals surface area contributed by atoms with Crippen molar-refractivity contribution in [1.82, 2.24) is 9.62 Å². The van der Waals surface area contributed by atoms with Crippen molar-refractivity contribution in [3.05, 3.63) is 41.3 Å². The average Bonchev–Trinajstić information content (AvgIpc) is 3.43. The number of fused-ring (bicyclic) bond motifs is 2. The van der Waals surface area contributed by atoms with Crippen LogP contribution < -0.4 is 14.2 Å². The predicted octanol–water partition coefficient (Wildman–Crippen LogP) is 2.35. The van der Waals surface area contributed by atoms with Gasteiger partial charge in [0.05, 0.1) is 14.2 Å². The zero-order valence-electron chi connectivity index (χ0n) is 15.6. The second-order valence-corrected chi connectivity index (χ2v) is 10.0. The Morgan fingerprint density at radius 2 is 1.89 bits per heavy atom. The number of hydrogen-bond acceptors (Lipinski definition) is 6. The molecule has 2 fully saturated rings. The summed E-state index contributed by atoms with van der Waals surface area (Å²) in [6, 6.07) is 7.96. The Balaban J connectivity index is 1.55. The highest BCUT2D eigenvalue weighted by Crippen LogP contribution is 2.39. The maximum atomic E-state index is 13.2. The van der Waals surface area contributed by atoms with Crippen LogP contribution in [0.1, 0.15) is 23.2 Å². The van der Waals surface area contributed by atoms with Gasteiger partial charge in [0, 0.05) is 30.3 Å². The molecule has 1 amide bonds. The van der Waals surface area contributed by atoms with Crippen LogP contribution in [0.3, 0.4) is 0 Å². The van der Waals surface area contributed by atoms with E-state index in [4.69, 9.17) is 9.47 Å². The number of amides is 1. The number of nitrogens with one attached hydrogen (secondary N) is 1. The number of ether oxygens (including phenoxy) is 2. The molecule has 1 aliphatic heterocycles. The van der Waals surface area contributed by atoms with Gasteiger partial charge in [0.1, 0.15) is 15.7 Å². The van der Waals surface area contributed by atoms with Gasteiger partial charge < -0.3 is 14.4 Å². The topological polar surface area (TPSA) is 84.9 Å². The predicted molar refractivity (Wildman–Crippen MR) is 106 cm³/mol. The quantitative estimate of drug-likeness (QED) is 0.772. The van der Waals surface area contributed by atoms with Gasteiger partial charge in [-0.2, -0.15) is 0 Å². The fourth-order valence-corrected chi connectivity index (χ4v) is 6.45. The molecule has 2 heterocycles. The monoisotopic (exact) mass is 422 g/mol. The normalized spacial score (nSPS) is 23.8. The van der Waals surface area contributed by atoms with Gasteiger partial charge in [0.2, 0.25) is 10.0 Å². The summed E-state index contributed by atoms with van der Waals surface area (Å²) >= 11 is 1.19. The van der Waals surface area contributed by atoms with Crippen LogP contribution in [0.15, 0.2) is 39.9 Å². The zero-order chi connectivity index (χ0) is 19.9.